The molecule has 0 saturated heterocycles. The normalized spacial score (nSPS) is 11.1. The van der Waals surface area contributed by atoms with E-state index in [-0.39, 0.29) is 5.63 Å². The average Bonchev–Trinajstić information content (AvgIpc) is 2.81. The minimum atomic E-state index is -0.304. The Labute approximate surface area is 129 Å². The van der Waals surface area contributed by atoms with E-state index in [1.807, 2.05) is 31.2 Å². The molecule has 0 atom stereocenters. The summed E-state index contributed by atoms with van der Waals surface area (Å²) >= 11 is 9.20. The SMILES string of the molecule is Cc1cc(=O)oc2cc(SCc3ccc(Cl)s3)ccc12. The summed E-state index contributed by atoms with van der Waals surface area (Å²) in [7, 11) is 0. The Hall–Kier alpha value is -1.23. The third kappa shape index (κ3) is 2.92. The lowest BCUT2D eigenvalue weighted by atomic mass is 10.1. The van der Waals surface area contributed by atoms with E-state index in [1.54, 1.807) is 23.1 Å². The number of aryl methyl sites for hydroxylation is 1. The monoisotopic (exact) mass is 322 g/mol. The van der Waals surface area contributed by atoms with E-state index in [4.69, 9.17) is 16.0 Å². The number of thioether (sulfide) groups is 1. The van der Waals surface area contributed by atoms with E-state index >= 15 is 0 Å². The minimum absolute atomic E-state index is 0.304. The molecule has 0 saturated carbocycles. The lowest BCUT2D eigenvalue weighted by molar-refractivity contribution is 0.559. The van der Waals surface area contributed by atoms with E-state index < -0.39 is 0 Å². The molecule has 102 valence electrons. The average molecular weight is 323 g/mol. The highest BCUT2D eigenvalue weighted by Crippen LogP contribution is 2.30. The van der Waals surface area contributed by atoms with Crippen molar-refractivity contribution in [1.29, 1.82) is 0 Å². The third-order valence-electron chi connectivity index (χ3n) is 2.93. The third-order valence-corrected chi connectivity index (χ3v) is 5.39. The Kier molecular flexibility index (Phi) is 3.87. The van der Waals surface area contributed by atoms with E-state index in [1.165, 1.54) is 10.9 Å². The maximum atomic E-state index is 11.4. The van der Waals surface area contributed by atoms with Crippen LogP contribution in [0.4, 0.5) is 0 Å². The maximum Gasteiger partial charge on any atom is 0.336 e. The highest BCUT2D eigenvalue weighted by molar-refractivity contribution is 7.98. The lowest BCUT2D eigenvalue weighted by Gasteiger charge is -2.03. The number of hydrogen-bond acceptors (Lipinski definition) is 4. The number of halogens is 1. The van der Waals surface area contributed by atoms with Crippen LogP contribution in [-0.4, -0.2) is 0 Å². The number of hydrogen-bond donors (Lipinski definition) is 0. The molecule has 2 nitrogen and oxygen atoms in total. The number of rotatable bonds is 3. The molecule has 5 heteroatoms. The van der Waals surface area contributed by atoms with Crippen molar-refractivity contribution in [3.8, 4) is 0 Å². The second-order valence-electron chi connectivity index (χ2n) is 4.40. The van der Waals surface area contributed by atoms with Gasteiger partial charge in [0.25, 0.3) is 0 Å². The van der Waals surface area contributed by atoms with Crippen molar-refractivity contribution in [2.45, 2.75) is 17.6 Å². The first-order chi connectivity index (χ1) is 9.61. The van der Waals surface area contributed by atoms with Gasteiger partial charge in [0.05, 0.1) is 4.34 Å². The molecule has 0 amide bonds. The van der Waals surface area contributed by atoms with Crippen LogP contribution in [0.2, 0.25) is 4.34 Å². The number of fused-ring (bicyclic) bond motifs is 1. The largest absolute Gasteiger partial charge is 0.423 e. The van der Waals surface area contributed by atoms with Crippen LogP contribution >= 0.6 is 34.7 Å². The molecule has 1 aromatic carbocycles. The second kappa shape index (κ2) is 5.64. The second-order valence-corrected chi connectivity index (χ2v) is 7.25. The molecule has 0 spiro atoms. The van der Waals surface area contributed by atoms with E-state index in [9.17, 15) is 4.79 Å². The van der Waals surface area contributed by atoms with Crippen molar-refractivity contribution in [1.82, 2.24) is 0 Å². The first kappa shape index (κ1) is 13.7. The molecule has 0 unspecified atom stereocenters. The number of benzene rings is 1. The molecule has 3 aromatic rings. The van der Waals surface area contributed by atoms with Gasteiger partial charge in [-0.25, -0.2) is 4.79 Å². The lowest BCUT2D eigenvalue weighted by Crippen LogP contribution is -1.97. The van der Waals surface area contributed by atoms with Crippen molar-refractivity contribution in [3.05, 3.63) is 61.6 Å². The Balaban J connectivity index is 1.87. The summed E-state index contributed by atoms with van der Waals surface area (Å²) in [5.74, 6) is 0.860. The highest BCUT2D eigenvalue weighted by atomic mass is 35.5. The first-order valence-corrected chi connectivity index (χ1v) is 8.21. The molecular weight excluding hydrogens is 312 g/mol. The minimum Gasteiger partial charge on any atom is -0.423 e. The molecule has 2 heterocycles. The van der Waals surface area contributed by atoms with Crippen molar-refractivity contribution < 1.29 is 4.42 Å². The van der Waals surface area contributed by atoms with Crippen molar-refractivity contribution in [3.63, 3.8) is 0 Å². The molecule has 0 aliphatic heterocycles. The molecule has 0 N–H and O–H groups in total. The predicted molar refractivity (Wildman–Crippen MR) is 86.1 cm³/mol. The fraction of sp³-hybridized carbons (Fsp3) is 0.133. The fourth-order valence-electron chi connectivity index (χ4n) is 1.98. The summed E-state index contributed by atoms with van der Waals surface area (Å²) in [5, 5.41) is 0.980. The zero-order valence-electron chi connectivity index (χ0n) is 10.7. The van der Waals surface area contributed by atoms with Gasteiger partial charge in [-0.05, 0) is 42.8 Å². The van der Waals surface area contributed by atoms with Crippen molar-refractivity contribution >= 4 is 45.7 Å². The van der Waals surface area contributed by atoms with Crippen LogP contribution in [0.5, 0.6) is 0 Å². The summed E-state index contributed by atoms with van der Waals surface area (Å²) in [6.45, 7) is 1.92. The summed E-state index contributed by atoms with van der Waals surface area (Å²) in [6, 6.07) is 11.4. The van der Waals surface area contributed by atoms with Crippen LogP contribution in [-0.2, 0) is 5.75 Å². The fourth-order valence-corrected chi connectivity index (χ4v) is 4.03. The van der Waals surface area contributed by atoms with Gasteiger partial charge in [-0.3, -0.25) is 0 Å². The van der Waals surface area contributed by atoms with Gasteiger partial charge in [0, 0.05) is 27.0 Å². The quantitative estimate of drug-likeness (QED) is 0.496. The van der Waals surface area contributed by atoms with Gasteiger partial charge in [-0.2, -0.15) is 0 Å². The zero-order valence-corrected chi connectivity index (χ0v) is 13.1. The predicted octanol–water partition coefficient (Wildman–Crippen LogP) is 5.11. The van der Waals surface area contributed by atoms with Gasteiger partial charge >= 0.3 is 5.63 Å². The van der Waals surface area contributed by atoms with Crippen LogP contribution < -0.4 is 5.63 Å². The highest BCUT2D eigenvalue weighted by Gasteiger charge is 2.05. The molecule has 3 rings (SSSR count). The Morgan fingerprint density at radius 3 is 2.85 bits per heavy atom. The van der Waals surface area contributed by atoms with E-state index in [2.05, 4.69) is 6.07 Å². The van der Waals surface area contributed by atoms with Crippen LogP contribution in [0.3, 0.4) is 0 Å². The molecule has 0 radical (unpaired) electrons. The Morgan fingerprint density at radius 1 is 1.25 bits per heavy atom. The van der Waals surface area contributed by atoms with Crippen LogP contribution in [0, 0.1) is 6.92 Å². The summed E-state index contributed by atoms with van der Waals surface area (Å²) in [4.78, 5) is 13.7. The first-order valence-electron chi connectivity index (χ1n) is 6.03. The molecule has 20 heavy (non-hydrogen) atoms. The summed E-state index contributed by atoms with van der Waals surface area (Å²) < 4.78 is 6.06. The van der Waals surface area contributed by atoms with E-state index in [0.29, 0.717) is 5.58 Å². The Morgan fingerprint density at radius 2 is 2.10 bits per heavy atom. The molecule has 0 aliphatic rings. The van der Waals surface area contributed by atoms with Gasteiger partial charge in [0.15, 0.2) is 0 Å². The van der Waals surface area contributed by atoms with Gasteiger partial charge in [0.2, 0.25) is 0 Å². The van der Waals surface area contributed by atoms with Crippen molar-refractivity contribution in [2.75, 3.05) is 0 Å². The summed E-state index contributed by atoms with van der Waals surface area (Å²) in [5.41, 5.74) is 1.28. The zero-order chi connectivity index (χ0) is 14.1. The van der Waals surface area contributed by atoms with Crippen LogP contribution in [0.25, 0.3) is 11.0 Å². The van der Waals surface area contributed by atoms with E-state index in [0.717, 1.165) is 25.9 Å². The smallest absolute Gasteiger partial charge is 0.336 e. The molecule has 2 aromatic heterocycles. The molecule has 0 bridgehead atoms. The van der Waals surface area contributed by atoms with Crippen LogP contribution in [0.1, 0.15) is 10.4 Å². The molecule has 0 fully saturated rings. The topological polar surface area (TPSA) is 30.2 Å². The number of thiophene rings is 1. The Bertz CT molecular complexity index is 820. The molecular formula is C15H11ClO2S2. The maximum absolute atomic E-state index is 11.4. The molecule has 0 aliphatic carbocycles. The van der Waals surface area contributed by atoms with Gasteiger partial charge in [-0.1, -0.05) is 11.6 Å². The van der Waals surface area contributed by atoms with Gasteiger partial charge in [-0.15, -0.1) is 23.1 Å². The van der Waals surface area contributed by atoms with Crippen molar-refractivity contribution in [2.24, 2.45) is 0 Å². The van der Waals surface area contributed by atoms with Gasteiger partial charge in [0.1, 0.15) is 5.58 Å². The summed E-state index contributed by atoms with van der Waals surface area (Å²) in [6.07, 6.45) is 0. The standard InChI is InChI=1S/C15H11ClO2S2/c1-9-6-15(17)18-13-7-10(2-4-12(9)13)19-8-11-3-5-14(16)20-11/h2-7H,8H2,1H3. The van der Waals surface area contributed by atoms with Crippen LogP contribution in [0.15, 0.2) is 50.5 Å². The van der Waals surface area contributed by atoms with Gasteiger partial charge < -0.3 is 4.42 Å².